The van der Waals surface area contributed by atoms with E-state index in [0.29, 0.717) is 11.8 Å². The number of hydrogen-bond donors (Lipinski definition) is 0. The van der Waals surface area contributed by atoms with E-state index in [1.54, 1.807) is 0 Å². The maximum atomic E-state index is 5.84. The Labute approximate surface area is 103 Å². The smallest absolute Gasteiger partial charge is 0.120 e. The maximum Gasteiger partial charge on any atom is 0.120 e. The van der Waals surface area contributed by atoms with Crippen molar-refractivity contribution in [1.29, 1.82) is 0 Å². The van der Waals surface area contributed by atoms with Crippen LogP contribution in [0.1, 0.15) is 20.8 Å². The summed E-state index contributed by atoms with van der Waals surface area (Å²) in [5.41, 5.74) is 1.24. The molecule has 1 atom stereocenters. The van der Waals surface area contributed by atoms with Crippen molar-refractivity contribution >= 4 is 10.9 Å². The van der Waals surface area contributed by atoms with Gasteiger partial charge in [0.2, 0.25) is 0 Å². The zero-order chi connectivity index (χ0) is 12.4. The molecule has 0 fully saturated rings. The summed E-state index contributed by atoms with van der Waals surface area (Å²) >= 11 is 0. The first-order valence-electron chi connectivity index (χ1n) is 6.26. The number of fused-ring (bicyclic) bond motifs is 1. The largest absolute Gasteiger partial charge is 0.493 e. The van der Waals surface area contributed by atoms with Crippen molar-refractivity contribution in [2.45, 2.75) is 20.8 Å². The molecule has 0 amide bonds. The lowest BCUT2D eigenvalue weighted by molar-refractivity contribution is 0.223. The minimum atomic E-state index is 0.585. The lowest BCUT2D eigenvalue weighted by Crippen LogP contribution is -2.14. The summed E-state index contributed by atoms with van der Waals surface area (Å²) in [5, 5.41) is 1.24. The molecule has 0 saturated heterocycles. The molecule has 0 aliphatic heterocycles. The third-order valence-electron chi connectivity index (χ3n) is 3.51. The molecule has 1 unspecified atom stereocenters. The van der Waals surface area contributed by atoms with Crippen molar-refractivity contribution in [2.24, 2.45) is 18.9 Å². The molecule has 0 radical (unpaired) electrons. The van der Waals surface area contributed by atoms with Crippen molar-refractivity contribution < 1.29 is 4.74 Å². The Morgan fingerprint density at radius 2 is 1.94 bits per heavy atom. The van der Waals surface area contributed by atoms with Crippen LogP contribution in [0, 0.1) is 11.8 Å². The van der Waals surface area contributed by atoms with Gasteiger partial charge in [-0.25, -0.2) is 0 Å². The summed E-state index contributed by atoms with van der Waals surface area (Å²) in [6, 6.07) is 8.40. The van der Waals surface area contributed by atoms with Crippen molar-refractivity contribution in [3.05, 3.63) is 30.5 Å². The number of benzene rings is 1. The van der Waals surface area contributed by atoms with Crippen molar-refractivity contribution in [1.82, 2.24) is 4.57 Å². The van der Waals surface area contributed by atoms with Gasteiger partial charge in [0, 0.05) is 24.1 Å². The lowest BCUT2D eigenvalue weighted by Gasteiger charge is -2.16. The van der Waals surface area contributed by atoms with Gasteiger partial charge in [0.15, 0.2) is 0 Å². The standard InChI is InChI=1S/C15H21NO/c1-11(2)12(3)10-17-14-5-6-15-13(9-14)7-8-16(15)4/h5-9,11-12H,10H2,1-4H3. The van der Waals surface area contributed by atoms with E-state index in [0.717, 1.165) is 12.4 Å². The molecule has 92 valence electrons. The third kappa shape index (κ3) is 2.63. The quantitative estimate of drug-likeness (QED) is 0.779. The molecule has 0 bridgehead atoms. The maximum absolute atomic E-state index is 5.84. The molecule has 2 nitrogen and oxygen atoms in total. The van der Waals surface area contributed by atoms with E-state index >= 15 is 0 Å². The van der Waals surface area contributed by atoms with Crippen LogP contribution in [0.2, 0.25) is 0 Å². The van der Waals surface area contributed by atoms with Crippen molar-refractivity contribution in [3.63, 3.8) is 0 Å². The fourth-order valence-corrected chi connectivity index (χ4v) is 1.77. The average Bonchev–Trinajstić information content (AvgIpc) is 2.67. The zero-order valence-corrected chi connectivity index (χ0v) is 11.1. The number of aryl methyl sites for hydroxylation is 1. The van der Waals surface area contributed by atoms with E-state index < -0.39 is 0 Å². The van der Waals surface area contributed by atoms with Gasteiger partial charge in [0.05, 0.1) is 6.61 Å². The Bertz CT molecular complexity index is 499. The van der Waals surface area contributed by atoms with Gasteiger partial charge in [-0.3, -0.25) is 0 Å². The molecule has 17 heavy (non-hydrogen) atoms. The fraction of sp³-hybridized carbons (Fsp3) is 0.467. The van der Waals surface area contributed by atoms with Gasteiger partial charge in [-0.2, -0.15) is 0 Å². The molecule has 2 rings (SSSR count). The van der Waals surface area contributed by atoms with Crippen LogP contribution in [-0.4, -0.2) is 11.2 Å². The first-order chi connectivity index (χ1) is 8.08. The second kappa shape index (κ2) is 4.82. The number of nitrogens with zero attached hydrogens (tertiary/aromatic N) is 1. The minimum absolute atomic E-state index is 0.585. The highest BCUT2D eigenvalue weighted by atomic mass is 16.5. The molecule has 2 heteroatoms. The zero-order valence-electron chi connectivity index (χ0n) is 11.1. The number of hydrogen-bond acceptors (Lipinski definition) is 1. The van der Waals surface area contributed by atoms with Gasteiger partial charge in [0.25, 0.3) is 0 Å². The van der Waals surface area contributed by atoms with E-state index in [-0.39, 0.29) is 0 Å². The number of aromatic nitrogens is 1. The highest BCUT2D eigenvalue weighted by Gasteiger charge is 2.08. The normalized spacial score (nSPS) is 13.2. The SMILES string of the molecule is CC(C)C(C)COc1ccc2c(ccn2C)c1. The Kier molecular flexibility index (Phi) is 3.41. The van der Waals surface area contributed by atoms with Crippen LogP contribution in [0.3, 0.4) is 0 Å². The van der Waals surface area contributed by atoms with Gasteiger partial charge < -0.3 is 9.30 Å². The van der Waals surface area contributed by atoms with Gasteiger partial charge in [-0.05, 0) is 36.1 Å². The van der Waals surface area contributed by atoms with Crippen LogP contribution in [0.25, 0.3) is 10.9 Å². The average molecular weight is 231 g/mol. The van der Waals surface area contributed by atoms with E-state index in [1.165, 1.54) is 10.9 Å². The monoisotopic (exact) mass is 231 g/mol. The lowest BCUT2D eigenvalue weighted by atomic mass is 9.99. The highest BCUT2D eigenvalue weighted by Crippen LogP contribution is 2.22. The molecule has 0 saturated carbocycles. The molecule has 0 N–H and O–H groups in total. The molecular weight excluding hydrogens is 210 g/mol. The first-order valence-corrected chi connectivity index (χ1v) is 6.26. The van der Waals surface area contributed by atoms with Crippen molar-refractivity contribution in [3.8, 4) is 5.75 Å². The summed E-state index contributed by atoms with van der Waals surface area (Å²) in [6.07, 6.45) is 2.07. The Morgan fingerprint density at radius 1 is 1.18 bits per heavy atom. The van der Waals surface area contributed by atoms with Gasteiger partial charge in [0.1, 0.15) is 5.75 Å². The second-order valence-corrected chi connectivity index (χ2v) is 5.18. The van der Waals surface area contributed by atoms with Crippen LogP contribution in [0.15, 0.2) is 30.5 Å². The third-order valence-corrected chi connectivity index (χ3v) is 3.51. The second-order valence-electron chi connectivity index (χ2n) is 5.18. The van der Waals surface area contributed by atoms with E-state index in [9.17, 15) is 0 Å². The Hall–Kier alpha value is -1.44. The predicted molar refractivity (Wildman–Crippen MR) is 72.4 cm³/mol. The molecule has 0 aliphatic carbocycles. The number of rotatable bonds is 4. The van der Waals surface area contributed by atoms with Crippen LogP contribution in [0.5, 0.6) is 5.75 Å². The van der Waals surface area contributed by atoms with E-state index in [2.05, 4.69) is 62.8 Å². The van der Waals surface area contributed by atoms with Gasteiger partial charge in [-0.15, -0.1) is 0 Å². The van der Waals surface area contributed by atoms with Crippen LogP contribution in [0.4, 0.5) is 0 Å². The van der Waals surface area contributed by atoms with E-state index in [4.69, 9.17) is 4.74 Å². The summed E-state index contributed by atoms with van der Waals surface area (Å²) in [5.74, 6) is 2.22. The molecule has 1 aromatic carbocycles. The predicted octanol–water partition coefficient (Wildman–Crippen LogP) is 3.85. The first kappa shape index (κ1) is 12.0. The Balaban J connectivity index is 2.09. The fourth-order valence-electron chi connectivity index (χ4n) is 1.77. The molecule has 0 aliphatic rings. The van der Waals surface area contributed by atoms with Gasteiger partial charge >= 0.3 is 0 Å². The Morgan fingerprint density at radius 3 is 2.65 bits per heavy atom. The molecule has 2 aromatic rings. The topological polar surface area (TPSA) is 14.2 Å². The minimum Gasteiger partial charge on any atom is -0.493 e. The summed E-state index contributed by atoms with van der Waals surface area (Å²) in [6.45, 7) is 7.48. The summed E-state index contributed by atoms with van der Waals surface area (Å²) < 4.78 is 7.96. The number of ether oxygens (including phenoxy) is 1. The summed E-state index contributed by atoms with van der Waals surface area (Å²) in [4.78, 5) is 0. The van der Waals surface area contributed by atoms with Crippen LogP contribution in [-0.2, 0) is 7.05 Å². The molecule has 1 aromatic heterocycles. The molecule has 1 heterocycles. The van der Waals surface area contributed by atoms with Crippen LogP contribution >= 0.6 is 0 Å². The molecular formula is C15H21NO. The highest BCUT2D eigenvalue weighted by molar-refractivity contribution is 5.81. The van der Waals surface area contributed by atoms with Gasteiger partial charge in [-0.1, -0.05) is 20.8 Å². The summed E-state index contributed by atoms with van der Waals surface area (Å²) in [7, 11) is 2.06. The molecule has 0 spiro atoms. The van der Waals surface area contributed by atoms with E-state index in [1.807, 2.05) is 0 Å². The van der Waals surface area contributed by atoms with Crippen LogP contribution < -0.4 is 4.74 Å². The van der Waals surface area contributed by atoms with Crippen molar-refractivity contribution in [2.75, 3.05) is 6.61 Å².